The van der Waals surface area contributed by atoms with E-state index in [2.05, 4.69) is 44.8 Å². The van der Waals surface area contributed by atoms with Crippen LogP contribution in [-0.2, 0) is 11.2 Å². The molecule has 6 heteroatoms. The fraction of sp³-hybridized carbons (Fsp3) is 0.429. The summed E-state index contributed by atoms with van der Waals surface area (Å²) in [6, 6.07) is 14.2. The largest absolute Gasteiger partial charge is 0.385 e. The van der Waals surface area contributed by atoms with E-state index in [4.69, 9.17) is 4.74 Å². The number of carbonyl (C=O) groups excluding carboxylic acids is 1. The predicted molar refractivity (Wildman–Crippen MR) is 107 cm³/mol. The molecule has 2 heterocycles. The maximum absolute atomic E-state index is 12.3. The molecule has 1 aliphatic rings. The molecule has 0 atom stereocenters. The number of nitrogens with one attached hydrogen (secondary N) is 2. The molecule has 0 saturated carbocycles. The topological polar surface area (TPSA) is 66.5 Å². The van der Waals surface area contributed by atoms with Crippen LogP contribution in [-0.4, -0.2) is 61.7 Å². The summed E-state index contributed by atoms with van der Waals surface area (Å²) in [6.45, 7) is 5.72. The van der Waals surface area contributed by atoms with Gasteiger partial charge in [-0.15, -0.1) is 0 Å². The van der Waals surface area contributed by atoms with Crippen molar-refractivity contribution in [3.05, 3.63) is 59.9 Å². The van der Waals surface area contributed by atoms with Crippen molar-refractivity contribution in [1.29, 1.82) is 0 Å². The molecule has 1 aromatic carbocycles. The Morgan fingerprint density at radius 3 is 2.74 bits per heavy atom. The third-order valence-electron chi connectivity index (χ3n) is 4.62. The number of benzene rings is 1. The number of aromatic nitrogens is 1. The Kier molecular flexibility index (Phi) is 7.62. The first-order valence-corrected chi connectivity index (χ1v) is 9.63. The molecular weight excluding hydrogens is 340 g/mol. The van der Waals surface area contributed by atoms with Crippen LogP contribution >= 0.6 is 0 Å². The number of ether oxygens (including phenoxy) is 1. The molecule has 1 saturated heterocycles. The van der Waals surface area contributed by atoms with Gasteiger partial charge in [-0.1, -0.05) is 30.3 Å². The van der Waals surface area contributed by atoms with Gasteiger partial charge in [-0.25, -0.2) is 0 Å². The highest BCUT2D eigenvalue weighted by atomic mass is 16.5. The van der Waals surface area contributed by atoms with Crippen molar-refractivity contribution in [3.63, 3.8) is 0 Å². The maximum atomic E-state index is 12.3. The number of amides is 1. The number of morpholine rings is 1. The highest BCUT2D eigenvalue weighted by molar-refractivity contribution is 5.93. The van der Waals surface area contributed by atoms with Crippen LogP contribution in [0.3, 0.4) is 0 Å². The van der Waals surface area contributed by atoms with Gasteiger partial charge in [0.2, 0.25) is 0 Å². The van der Waals surface area contributed by atoms with E-state index in [1.54, 1.807) is 6.20 Å². The number of aryl methyl sites for hydroxylation is 1. The van der Waals surface area contributed by atoms with Gasteiger partial charge >= 0.3 is 0 Å². The smallest absolute Gasteiger partial charge is 0.269 e. The van der Waals surface area contributed by atoms with E-state index in [0.717, 1.165) is 57.9 Å². The number of pyridine rings is 1. The van der Waals surface area contributed by atoms with Crippen molar-refractivity contribution in [1.82, 2.24) is 15.2 Å². The van der Waals surface area contributed by atoms with E-state index < -0.39 is 0 Å². The average molecular weight is 368 g/mol. The van der Waals surface area contributed by atoms with E-state index in [0.29, 0.717) is 12.2 Å². The minimum absolute atomic E-state index is 0.129. The third kappa shape index (κ3) is 6.66. The Morgan fingerprint density at radius 2 is 1.93 bits per heavy atom. The summed E-state index contributed by atoms with van der Waals surface area (Å²) < 4.78 is 5.33. The van der Waals surface area contributed by atoms with Gasteiger partial charge in [-0.05, 0) is 30.5 Å². The van der Waals surface area contributed by atoms with Gasteiger partial charge in [0.15, 0.2) is 0 Å². The van der Waals surface area contributed by atoms with Crippen molar-refractivity contribution < 1.29 is 9.53 Å². The van der Waals surface area contributed by atoms with E-state index >= 15 is 0 Å². The SMILES string of the molecule is O=C(NCCN1CCOCC1)c1cc(NCCCc2ccccc2)ccn1. The van der Waals surface area contributed by atoms with E-state index in [1.165, 1.54) is 5.56 Å². The van der Waals surface area contributed by atoms with Crippen LogP contribution < -0.4 is 10.6 Å². The van der Waals surface area contributed by atoms with Crippen molar-refractivity contribution in [3.8, 4) is 0 Å². The van der Waals surface area contributed by atoms with Crippen LogP contribution in [0.1, 0.15) is 22.5 Å². The highest BCUT2D eigenvalue weighted by Gasteiger charge is 2.11. The van der Waals surface area contributed by atoms with E-state index in [-0.39, 0.29) is 5.91 Å². The molecule has 0 unspecified atom stereocenters. The molecular formula is C21H28N4O2. The zero-order valence-electron chi connectivity index (χ0n) is 15.7. The van der Waals surface area contributed by atoms with Gasteiger partial charge in [0.1, 0.15) is 5.69 Å². The average Bonchev–Trinajstić information content (AvgIpc) is 2.73. The molecule has 0 aliphatic carbocycles. The summed E-state index contributed by atoms with van der Waals surface area (Å²) in [5, 5.41) is 6.33. The molecule has 27 heavy (non-hydrogen) atoms. The zero-order valence-corrected chi connectivity index (χ0v) is 15.7. The van der Waals surface area contributed by atoms with Crippen molar-refractivity contribution >= 4 is 11.6 Å². The number of hydrogen-bond acceptors (Lipinski definition) is 5. The summed E-state index contributed by atoms with van der Waals surface area (Å²) in [4.78, 5) is 18.8. The lowest BCUT2D eigenvalue weighted by Gasteiger charge is -2.26. The molecule has 1 aromatic heterocycles. The van der Waals surface area contributed by atoms with Gasteiger partial charge < -0.3 is 15.4 Å². The lowest BCUT2D eigenvalue weighted by atomic mass is 10.1. The Morgan fingerprint density at radius 1 is 1.11 bits per heavy atom. The Balaban J connectivity index is 1.38. The first-order valence-electron chi connectivity index (χ1n) is 9.63. The lowest BCUT2D eigenvalue weighted by Crippen LogP contribution is -2.41. The van der Waals surface area contributed by atoms with Gasteiger partial charge in [0.05, 0.1) is 13.2 Å². The van der Waals surface area contributed by atoms with E-state index in [9.17, 15) is 4.79 Å². The monoisotopic (exact) mass is 368 g/mol. The fourth-order valence-electron chi connectivity index (χ4n) is 3.08. The minimum Gasteiger partial charge on any atom is -0.385 e. The van der Waals surface area contributed by atoms with Gasteiger partial charge in [0.25, 0.3) is 5.91 Å². The first-order chi connectivity index (χ1) is 13.3. The van der Waals surface area contributed by atoms with Gasteiger partial charge in [-0.3, -0.25) is 14.7 Å². The quantitative estimate of drug-likeness (QED) is 0.664. The lowest BCUT2D eigenvalue weighted by molar-refractivity contribution is 0.0383. The number of nitrogens with zero attached hydrogens (tertiary/aromatic N) is 2. The molecule has 2 N–H and O–H groups in total. The van der Waals surface area contributed by atoms with Crippen molar-refractivity contribution in [2.75, 3.05) is 51.3 Å². The molecule has 3 rings (SSSR count). The summed E-state index contributed by atoms with van der Waals surface area (Å²) in [5.41, 5.74) is 2.72. The number of carbonyl (C=O) groups is 1. The second kappa shape index (κ2) is 10.6. The molecule has 6 nitrogen and oxygen atoms in total. The molecule has 0 bridgehead atoms. The summed E-state index contributed by atoms with van der Waals surface area (Å²) >= 11 is 0. The van der Waals surface area contributed by atoms with Crippen LogP contribution in [0.5, 0.6) is 0 Å². The standard InChI is InChI=1S/C21H28N4O2/c26-21(24-11-12-25-13-15-27-16-14-25)20-17-19(8-10-23-20)22-9-4-7-18-5-2-1-3-6-18/h1-3,5-6,8,10,17H,4,7,9,11-16H2,(H,22,23)(H,24,26). The molecule has 1 amide bonds. The minimum atomic E-state index is -0.129. The molecule has 0 spiro atoms. The molecule has 144 valence electrons. The summed E-state index contributed by atoms with van der Waals surface area (Å²) in [7, 11) is 0. The van der Waals surface area contributed by atoms with Crippen LogP contribution in [0.2, 0.25) is 0 Å². The second-order valence-corrected chi connectivity index (χ2v) is 6.66. The zero-order chi connectivity index (χ0) is 18.7. The number of rotatable bonds is 9. The Labute approximate surface area is 160 Å². The Bertz CT molecular complexity index is 702. The maximum Gasteiger partial charge on any atom is 0.269 e. The first kappa shape index (κ1) is 19.3. The van der Waals surface area contributed by atoms with Gasteiger partial charge in [-0.2, -0.15) is 0 Å². The molecule has 1 aliphatic heterocycles. The third-order valence-corrected chi connectivity index (χ3v) is 4.62. The second-order valence-electron chi connectivity index (χ2n) is 6.66. The molecule has 2 aromatic rings. The van der Waals surface area contributed by atoms with Crippen LogP contribution in [0, 0.1) is 0 Å². The summed E-state index contributed by atoms with van der Waals surface area (Å²) in [5.74, 6) is -0.129. The van der Waals surface area contributed by atoms with Gasteiger partial charge in [0, 0.05) is 44.6 Å². The summed E-state index contributed by atoms with van der Waals surface area (Å²) in [6.07, 6.45) is 3.75. The Hall–Kier alpha value is -2.44. The van der Waals surface area contributed by atoms with E-state index in [1.807, 2.05) is 18.2 Å². The van der Waals surface area contributed by atoms with Crippen LogP contribution in [0.15, 0.2) is 48.7 Å². The van der Waals surface area contributed by atoms with Crippen molar-refractivity contribution in [2.45, 2.75) is 12.8 Å². The number of hydrogen-bond donors (Lipinski definition) is 2. The normalized spacial score (nSPS) is 14.7. The van der Waals surface area contributed by atoms with Crippen LogP contribution in [0.4, 0.5) is 5.69 Å². The molecule has 0 radical (unpaired) electrons. The number of anilines is 1. The molecule has 1 fully saturated rings. The van der Waals surface area contributed by atoms with Crippen LogP contribution in [0.25, 0.3) is 0 Å². The highest BCUT2D eigenvalue weighted by Crippen LogP contribution is 2.09. The predicted octanol–water partition coefficient (Wildman–Crippen LogP) is 2.19. The fourth-order valence-corrected chi connectivity index (χ4v) is 3.08. The van der Waals surface area contributed by atoms with Crippen molar-refractivity contribution in [2.24, 2.45) is 0 Å².